The van der Waals surface area contributed by atoms with Gasteiger partial charge in [0.25, 0.3) is 0 Å². The highest BCUT2D eigenvalue weighted by molar-refractivity contribution is 8.00. The van der Waals surface area contributed by atoms with E-state index in [1.807, 2.05) is 0 Å². The van der Waals surface area contributed by atoms with Gasteiger partial charge in [-0.1, -0.05) is 12.1 Å². The molecule has 0 radical (unpaired) electrons. The molecule has 0 saturated carbocycles. The van der Waals surface area contributed by atoms with Crippen LogP contribution in [0.5, 0.6) is 0 Å². The fourth-order valence-electron chi connectivity index (χ4n) is 1.33. The van der Waals surface area contributed by atoms with Crippen molar-refractivity contribution < 1.29 is 18.7 Å². The Balaban J connectivity index is 2.69. The maximum atomic E-state index is 12.8. The van der Waals surface area contributed by atoms with Crippen molar-refractivity contribution in [2.45, 2.75) is 12.2 Å². The normalized spacial score (nSPS) is 11.9. The first kappa shape index (κ1) is 14.5. The Morgan fingerprint density at radius 2 is 2.00 bits per heavy atom. The molecule has 0 aliphatic rings. The molecule has 0 aliphatic carbocycles. The quantitative estimate of drug-likeness (QED) is 0.799. The number of primary amides is 1. The predicted octanol–water partition coefficient (Wildman–Crippen LogP) is 1.65. The largest absolute Gasteiger partial charge is 0.465 e. The summed E-state index contributed by atoms with van der Waals surface area (Å²) in [6, 6.07) is 5.44. The number of carbonyl (C=O) groups excluding carboxylic acids is 2. The molecule has 0 heterocycles. The van der Waals surface area contributed by atoms with Crippen molar-refractivity contribution in [2.24, 2.45) is 5.73 Å². The number of hydrogen-bond donors (Lipinski definition) is 1. The molecule has 0 aliphatic heterocycles. The smallest absolute Gasteiger partial charge is 0.315 e. The van der Waals surface area contributed by atoms with E-state index in [-0.39, 0.29) is 12.4 Å². The van der Waals surface area contributed by atoms with Gasteiger partial charge in [0, 0.05) is 0 Å². The summed E-state index contributed by atoms with van der Waals surface area (Å²) in [7, 11) is 0. The van der Waals surface area contributed by atoms with Crippen LogP contribution in [0, 0.1) is 5.82 Å². The van der Waals surface area contributed by atoms with Crippen LogP contribution in [0.25, 0.3) is 0 Å². The lowest BCUT2D eigenvalue weighted by Gasteiger charge is -2.12. The number of hydrogen-bond acceptors (Lipinski definition) is 4. The number of nitrogens with two attached hydrogens (primary N) is 1. The molecular formula is C12H14FNO3S. The predicted molar refractivity (Wildman–Crippen MR) is 67.4 cm³/mol. The lowest BCUT2D eigenvalue weighted by molar-refractivity contribution is -0.139. The molecule has 98 valence electrons. The van der Waals surface area contributed by atoms with Crippen molar-refractivity contribution in [1.82, 2.24) is 0 Å². The minimum Gasteiger partial charge on any atom is -0.465 e. The summed E-state index contributed by atoms with van der Waals surface area (Å²) in [4.78, 5) is 22.5. The third-order valence-electron chi connectivity index (χ3n) is 2.10. The highest BCUT2D eigenvalue weighted by Crippen LogP contribution is 2.28. The number of thioether (sulfide) groups is 1. The van der Waals surface area contributed by atoms with Crippen LogP contribution in [0.4, 0.5) is 4.39 Å². The molecular weight excluding hydrogens is 257 g/mol. The first-order valence-electron chi connectivity index (χ1n) is 5.36. The molecule has 0 bridgehead atoms. The first-order valence-corrected chi connectivity index (χ1v) is 6.41. The van der Waals surface area contributed by atoms with Crippen molar-refractivity contribution in [1.29, 1.82) is 0 Å². The maximum absolute atomic E-state index is 12.8. The van der Waals surface area contributed by atoms with E-state index < -0.39 is 22.9 Å². The number of rotatable bonds is 6. The van der Waals surface area contributed by atoms with E-state index in [4.69, 9.17) is 10.5 Å². The fraction of sp³-hybridized carbons (Fsp3) is 0.333. The van der Waals surface area contributed by atoms with E-state index in [0.29, 0.717) is 5.56 Å². The summed E-state index contributed by atoms with van der Waals surface area (Å²) < 4.78 is 17.5. The molecule has 2 N–H and O–H groups in total. The third-order valence-corrected chi connectivity index (χ3v) is 3.34. The average Bonchev–Trinajstić information content (AvgIpc) is 2.31. The summed E-state index contributed by atoms with van der Waals surface area (Å²) in [5, 5.41) is -0.685. The molecule has 0 spiro atoms. The van der Waals surface area contributed by atoms with Gasteiger partial charge in [0.15, 0.2) is 0 Å². The summed E-state index contributed by atoms with van der Waals surface area (Å²) in [5.74, 6) is -1.34. The van der Waals surface area contributed by atoms with Gasteiger partial charge >= 0.3 is 5.97 Å². The van der Waals surface area contributed by atoms with Gasteiger partial charge in [0.2, 0.25) is 5.91 Å². The van der Waals surface area contributed by atoms with E-state index in [1.54, 1.807) is 6.92 Å². The fourth-order valence-corrected chi connectivity index (χ4v) is 2.23. The van der Waals surface area contributed by atoms with Crippen molar-refractivity contribution in [3.05, 3.63) is 35.6 Å². The highest BCUT2D eigenvalue weighted by atomic mass is 32.2. The number of benzene rings is 1. The van der Waals surface area contributed by atoms with Crippen LogP contribution in [0.2, 0.25) is 0 Å². The second-order valence-electron chi connectivity index (χ2n) is 3.45. The Hall–Kier alpha value is -1.56. The molecule has 1 aromatic rings. The number of halogens is 1. The minimum atomic E-state index is -0.685. The van der Waals surface area contributed by atoms with Gasteiger partial charge in [-0.25, -0.2) is 4.39 Å². The monoisotopic (exact) mass is 271 g/mol. The van der Waals surface area contributed by atoms with Gasteiger partial charge in [-0.2, -0.15) is 0 Å². The van der Waals surface area contributed by atoms with E-state index in [0.717, 1.165) is 11.8 Å². The van der Waals surface area contributed by atoms with Crippen LogP contribution in [-0.4, -0.2) is 24.2 Å². The SMILES string of the molecule is CCOC(=O)CS[C@@H](C(N)=O)c1ccc(F)cc1. The molecule has 4 nitrogen and oxygen atoms in total. The zero-order valence-corrected chi connectivity index (χ0v) is 10.7. The first-order chi connectivity index (χ1) is 8.54. The van der Waals surface area contributed by atoms with Gasteiger partial charge < -0.3 is 10.5 Å². The number of carbonyl (C=O) groups is 2. The lowest BCUT2D eigenvalue weighted by Crippen LogP contribution is -2.20. The van der Waals surface area contributed by atoms with Crippen LogP contribution >= 0.6 is 11.8 Å². The van der Waals surface area contributed by atoms with Crippen molar-refractivity contribution >= 4 is 23.6 Å². The van der Waals surface area contributed by atoms with Gasteiger partial charge in [0.1, 0.15) is 11.1 Å². The molecule has 1 amide bonds. The Labute approximate surface area is 109 Å². The highest BCUT2D eigenvalue weighted by Gasteiger charge is 2.20. The molecule has 6 heteroatoms. The molecule has 1 aromatic carbocycles. The summed E-state index contributed by atoms with van der Waals surface area (Å²) in [6.07, 6.45) is 0. The maximum Gasteiger partial charge on any atom is 0.315 e. The van der Waals surface area contributed by atoms with Crippen LogP contribution in [0.1, 0.15) is 17.7 Å². The summed E-state index contributed by atoms with van der Waals surface area (Å²) >= 11 is 1.07. The van der Waals surface area contributed by atoms with Crippen molar-refractivity contribution in [3.8, 4) is 0 Å². The van der Waals surface area contributed by atoms with Crippen molar-refractivity contribution in [2.75, 3.05) is 12.4 Å². The zero-order valence-electron chi connectivity index (χ0n) is 9.89. The molecule has 0 saturated heterocycles. The minimum absolute atomic E-state index is 0.0266. The molecule has 1 atom stereocenters. The number of esters is 1. The Kier molecular flexibility index (Phi) is 5.64. The van der Waals surface area contributed by atoms with Gasteiger partial charge in [0.05, 0.1) is 12.4 Å². The van der Waals surface area contributed by atoms with E-state index >= 15 is 0 Å². The van der Waals surface area contributed by atoms with Gasteiger partial charge in [-0.15, -0.1) is 11.8 Å². The Bertz CT molecular complexity index is 422. The van der Waals surface area contributed by atoms with Crippen molar-refractivity contribution in [3.63, 3.8) is 0 Å². The molecule has 1 rings (SSSR count). The van der Waals surface area contributed by atoms with Crippen LogP contribution in [-0.2, 0) is 14.3 Å². The second kappa shape index (κ2) is 7.00. The van der Waals surface area contributed by atoms with E-state index in [9.17, 15) is 14.0 Å². The van der Waals surface area contributed by atoms with E-state index in [2.05, 4.69) is 0 Å². The lowest BCUT2D eigenvalue weighted by atomic mass is 10.1. The third kappa shape index (κ3) is 4.37. The topological polar surface area (TPSA) is 69.4 Å². The summed E-state index contributed by atoms with van der Waals surface area (Å²) in [6.45, 7) is 1.99. The molecule has 0 fully saturated rings. The average molecular weight is 271 g/mol. The molecule has 0 unspecified atom stereocenters. The Morgan fingerprint density at radius 3 is 2.50 bits per heavy atom. The zero-order chi connectivity index (χ0) is 13.5. The van der Waals surface area contributed by atoms with Gasteiger partial charge in [-0.05, 0) is 24.6 Å². The summed E-state index contributed by atoms with van der Waals surface area (Å²) in [5.41, 5.74) is 5.83. The number of amides is 1. The number of ether oxygens (including phenoxy) is 1. The Morgan fingerprint density at radius 1 is 1.39 bits per heavy atom. The van der Waals surface area contributed by atoms with Gasteiger partial charge in [-0.3, -0.25) is 9.59 Å². The second-order valence-corrected chi connectivity index (χ2v) is 4.54. The van der Waals surface area contributed by atoms with E-state index in [1.165, 1.54) is 24.3 Å². The standard InChI is InChI=1S/C12H14FNO3S/c1-2-17-10(15)7-18-11(12(14)16)8-3-5-9(13)6-4-8/h3-6,11H,2,7H2,1H3,(H2,14,16)/t11-/m1/s1. The molecule has 18 heavy (non-hydrogen) atoms. The van der Waals surface area contributed by atoms with Crippen LogP contribution in [0.15, 0.2) is 24.3 Å². The molecule has 0 aromatic heterocycles. The van der Waals surface area contributed by atoms with Crippen LogP contribution < -0.4 is 5.73 Å². The van der Waals surface area contributed by atoms with Crippen LogP contribution in [0.3, 0.4) is 0 Å².